The van der Waals surface area contributed by atoms with E-state index in [0.717, 1.165) is 5.56 Å². The lowest BCUT2D eigenvalue weighted by molar-refractivity contribution is 0.0523. The van der Waals surface area contributed by atoms with E-state index in [-0.39, 0.29) is 28.5 Å². The van der Waals surface area contributed by atoms with Gasteiger partial charge in [-0.3, -0.25) is 4.79 Å². The van der Waals surface area contributed by atoms with Crippen LogP contribution in [0.25, 0.3) is 0 Å². The number of esters is 1. The molecule has 0 aliphatic heterocycles. The van der Waals surface area contributed by atoms with Gasteiger partial charge in [-0.2, -0.15) is 8.42 Å². The highest BCUT2D eigenvalue weighted by molar-refractivity contribution is 7.87. The van der Waals surface area contributed by atoms with Gasteiger partial charge in [0, 0.05) is 12.7 Å². The Morgan fingerprint density at radius 1 is 1.20 bits per heavy atom. The van der Waals surface area contributed by atoms with Crippen LogP contribution in [0.3, 0.4) is 0 Å². The summed E-state index contributed by atoms with van der Waals surface area (Å²) in [4.78, 5) is 23.5. The summed E-state index contributed by atoms with van der Waals surface area (Å²) in [6.07, 6.45) is 0.440. The molecule has 1 aromatic carbocycles. The van der Waals surface area contributed by atoms with Crippen molar-refractivity contribution in [3.8, 4) is 5.75 Å². The lowest BCUT2D eigenvalue weighted by atomic mass is 10.2. The number of carbonyl (C=O) groups is 2. The zero-order valence-electron chi connectivity index (χ0n) is 14.4. The molecule has 7 nitrogen and oxygen atoms in total. The van der Waals surface area contributed by atoms with Crippen molar-refractivity contribution in [3.63, 3.8) is 0 Å². The monoisotopic (exact) mass is 365 g/mol. The molecule has 0 amide bonds. The first-order chi connectivity index (χ1) is 11.7. The fourth-order valence-corrected chi connectivity index (χ4v) is 3.27. The van der Waals surface area contributed by atoms with E-state index in [1.165, 1.54) is 23.7 Å². The van der Waals surface area contributed by atoms with Gasteiger partial charge in [0.2, 0.25) is 0 Å². The average molecular weight is 365 g/mol. The molecule has 1 aromatic heterocycles. The smallest absolute Gasteiger partial charge is 0.343 e. The van der Waals surface area contributed by atoms with Crippen molar-refractivity contribution in [2.75, 3.05) is 6.61 Å². The molecule has 0 unspecified atom stereocenters. The minimum atomic E-state index is -4.22. The maximum atomic E-state index is 12.5. The van der Waals surface area contributed by atoms with Crippen LogP contribution in [-0.2, 0) is 21.9 Å². The summed E-state index contributed by atoms with van der Waals surface area (Å²) in [5, 5.41) is 0. The first-order valence-electron chi connectivity index (χ1n) is 7.55. The Bertz CT molecular complexity index is 910. The van der Waals surface area contributed by atoms with Gasteiger partial charge in [-0.25, -0.2) is 4.79 Å². The number of ether oxygens (including phenoxy) is 1. The summed E-state index contributed by atoms with van der Waals surface area (Å²) >= 11 is 0. The highest BCUT2D eigenvalue weighted by Gasteiger charge is 2.30. The summed E-state index contributed by atoms with van der Waals surface area (Å²) in [5.74, 6) is -1.08. The summed E-state index contributed by atoms with van der Waals surface area (Å²) in [6.45, 7) is 5.12. The van der Waals surface area contributed by atoms with Crippen LogP contribution in [0.15, 0.2) is 29.2 Å². The van der Waals surface area contributed by atoms with Gasteiger partial charge in [0.1, 0.15) is 16.2 Å². The molecular weight excluding hydrogens is 346 g/mol. The zero-order chi connectivity index (χ0) is 18.8. The van der Waals surface area contributed by atoms with Gasteiger partial charge in [0.15, 0.2) is 12.0 Å². The standard InChI is InChI=1S/C17H19NO6S/c1-5-23-17(20)15-12(3)18(4)14(10-19)16(15)24-25(21,22)13-8-6-11(2)7-9-13/h6-10H,5H2,1-4H3. The van der Waals surface area contributed by atoms with Crippen LogP contribution in [0.4, 0.5) is 0 Å². The molecular formula is C17H19NO6S. The molecule has 8 heteroatoms. The number of aryl methyl sites for hydroxylation is 1. The molecule has 0 bridgehead atoms. The number of hydrogen-bond acceptors (Lipinski definition) is 6. The number of hydrogen-bond donors (Lipinski definition) is 0. The molecule has 134 valence electrons. The lowest BCUT2D eigenvalue weighted by Crippen LogP contribution is -2.14. The van der Waals surface area contributed by atoms with Crippen molar-refractivity contribution in [2.45, 2.75) is 25.7 Å². The van der Waals surface area contributed by atoms with Gasteiger partial charge in [-0.1, -0.05) is 17.7 Å². The van der Waals surface area contributed by atoms with Gasteiger partial charge in [-0.05, 0) is 32.9 Å². The predicted octanol–water partition coefficient (Wildman–Crippen LogP) is 2.40. The molecule has 0 radical (unpaired) electrons. The summed E-state index contributed by atoms with van der Waals surface area (Å²) in [5.41, 5.74) is 1.11. The van der Waals surface area contributed by atoms with E-state index < -0.39 is 16.1 Å². The van der Waals surface area contributed by atoms with Gasteiger partial charge < -0.3 is 13.5 Å². The molecule has 0 atom stereocenters. The molecule has 0 spiro atoms. The molecule has 0 aliphatic carbocycles. The Kier molecular flexibility index (Phi) is 5.32. The maximum absolute atomic E-state index is 12.5. The van der Waals surface area contributed by atoms with Crippen molar-refractivity contribution in [2.24, 2.45) is 7.05 Å². The first-order valence-corrected chi connectivity index (χ1v) is 8.96. The SMILES string of the molecule is CCOC(=O)c1c(OS(=O)(=O)c2ccc(C)cc2)c(C=O)n(C)c1C. The van der Waals surface area contributed by atoms with Crippen LogP contribution >= 0.6 is 0 Å². The Labute approximate surface area is 146 Å². The van der Waals surface area contributed by atoms with E-state index in [1.807, 2.05) is 6.92 Å². The topological polar surface area (TPSA) is 91.7 Å². The third-order valence-corrected chi connectivity index (χ3v) is 5.02. The summed E-state index contributed by atoms with van der Waals surface area (Å²) in [6, 6.07) is 6.04. The lowest BCUT2D eigenvalue weighted by Gasteiger charge is -2.09. The second kappa shape index (κ2) is 7.10. The van der Waals surface area contributed by atoms with Crippen molar-refractivity contribution < 1.29 is 26.9 Å². The van der Waals surface area contributed by atoms with E-state index in [9.17, 15) is 18.0 Å². The van der Waals surface area contributed by atoms with E-state index in [2.05, 4.69) is 0 Å². The number of benzene rings is 1. The predicted molar refractivity (Wildman–Crippen MR) is 90.5 cm³/mol. The van der Waals surface area contributed by atoms with E-state index >= 15 is 0 Å². The second-order valence-corrected chi connectivity index (χ2v) is 6.97. The molecule has 0 saturated carbocycles. The highest BCUT2D eigenvalue weighted by Crippen LogP contribution is 2.32. The Morgan fingerprint density at radius 3 is 2.32 bits per heavy atom. The van der Waals surface area contributed by atoms with Crippen LogP contribution in [0.5, 0.6) is 5.75 Å². The second-order valence-electron chi connectivity index (χ2n) is 5.42. The van der Waals surface area contributed by atoms with E-state index in [4.69, 9.17) is 8.92 Å². The molecule has 0 saturated heterocycles. The Balaban J connectivity index is 2.58. The summed E-state index contributed by atoms with van der Waals surface area (Å²) < 4.78 is 36.6. The molecule has 2 rings (SSSR count). The molecule has 2 aromatic rings. The van der Waals surface area contributed by atoms with Crippen molar-refractivity contribution in [1.29, 1.82) is 0 Å². The van der Waals surface area contributed by atoms with Crippen LogP contribution < -0.4 is 4.18 Å². The minimum Gasteiger partial charge on any atom is -0.462 e. The molecule has 25 heavy (non-hydrogen) atoms. The number of aldehydes is 1. The fourth-order valence-electron chi connectivity index (χ4n) is 2.32. The van der Waals surface area contributed by atoms with Gasteiger partial charge in [0.25, 0.3) is 0 Å². The van der Waals surface area contributed by atoms with Crippen LogP contribution in [0, 0.1) is 13.8 Å². The summed E-state index contributed by atoms with van der Waals surface area (Å²) in [7, 11) is -2.68. The van der Waals surface area contributed by atoms with Crippen molar-refractivity contribution in [1.82, 2.24) is 4.57 Å². The maximum Gasteiger partial charge on any atom is 0.343 e. The van der Waals surface area contributed by atoms with E-state index in [1.54, 1.807) is 26.0 Å². The molecule has 0 aliphatic rings. The van der Waals surface area contributed by atoms with Gasteiger partial charge >= 0.3 is 16.1 Å². The van der Waals surface area contributed by atoms with Crippen LogP contribution in [0.1, 0.15) is 39.0 Å². The zero-order valence-corrected chi connectivity index (χ0v) is 15.2. The normalized spacial score (nSPS) is 11.2. The molecule has 0 fully saturated rings. The minimum absolute atomic E-state index is 0.0590. The molecule has 1 heterocycles. The van der Waals surface area contributed by atoms with E-state index in [0.29, 0.717) is 12.0 Å². The Hall–Kier alpha value is -2.61. The molecule has 0 N–H and O–H groups in total. The third kappa shape index (κ3) is 3.58. The largest absolute Gasteiger partial charge is 0.462 e. The number of nitrogens with zero attached hydrogens (tertiary/aromatic N) is 1. The average Bonchev–Trinajstić information content (AvgIpc) is 2.78. The Morgan fingerprint density at radius 2 is 1.80 bits per heavy atom. The number of aromatic nitrogens is 1. The van der Waals surface area contributed by atoms with Crippen molar-refractivity contribution in [3.05, 3.63) is 46.8 Å². The number of rotatable bonds is 6. The van der Waals surface area contributed by atoms with Crippen LogP contribution in [0.2, 0.25) is 0 Å². The van der Waals surface area contributed by atoms with Gasteiger partial charge in [-0.15, -0.1) is 0 Å². The van der Waals surface area contributed by atoms with Crippen LogP contribution in [-0.4, -0.2) is 31.8 Å². The first kappa shape index (κ1) is 18.7. The number of carbonyl (C=O) groups excluding carboxylic acids is 2. The quantitative estimate of drug-likeness (QED) is 0.443. The van der Waals surface area contributed by atoms with Gasteiger partial charge in [0.05, 0.1) is 6.61 Å². The highest BCUT2D eigenvalue weighted by atomic mass is 32.2. The van der Waals surface area contributed by atoms with Crippen molar-refractivity contribution >= 4 is 22.4 Å². The third-order valence-electron chi connectivity index (χ3n) is 3.78. The fraction of sp³-hybridized carbons (Fsp3) is 0.294.